The number of sulfone groups is 1. The average Bonchev–Trinajstić information content (AvgIpc) is 2.95. The summed E-state index contributed by atoms with van der Waals surface area (Å²) in [7, 11) is -2.99. The van der Waals surface area contributed by atoms with E-state index in [0.29, 0.717) is 24.0 Å². The Labute approximate surface area is 233 Å². The van der Waals surface area contributed by atoms with Crippen molar-refractivity contribution >= 4 is 9.84 Å². The zero-order valence-electron chi connectivity index (χ0n) is 22.5. The molecule has 1 atom stereocenters. The minimum absolute atomic E-state index is 0.0333. The molecule has 0 saturated carbocycles. The Hall–Kier alpha value is -4.33. The average molecular weight is 559 g/mol. The highest BCUT2D eigenvalue weighted by Gasteiger charge is 2.32. The first-order chi connectivity index (χ1) is 19.2. The molecule has 206 valence electrons. The van der Waals surface area contributed by atoms with E-state index in [1.54, 1.807) is 48.8 Å². The molecule has 10 heteroatoms. The number of hydrogen-bond acceptors (Lipinski definition) is 8. The number of unbranched alkanes of at least 4 members (excludes halogenated alkanes) is 1. The number of rotatable bonds is 10. The van der Waals surface area contributed by atoms with Gasteiger partial charge in [0.15, 0.2) is 4.90 Å². The van der Waals surface area contributed by atoms with Gasteiger partial charge in [-0.3, -0.25) is 14.3 Å². The molecule has 2 heterocycles. The quantitative estimate of drug-likeness (QED) is 0.298. The van der Waals surface area contributed by atoms with Gasteiger partial charge in [0.2, 0.25) is 15.7 Å². The number of benzene rings is 2. The minimum atomic E-state index is -4.46. The molecule has 40 heavy (non-hydrogen) atoms. The Bertz CT molecular complexity index is 1720. The van der Waals surface area contributed by atoms with Crippen LogP contribution in [-0.4, -0.2) is 41.8 Å². The van der Waals surface area contributed by atoms with Gasteiger partial charge in [-0.2, -0.15) is 10.2 Å². The monoisotopic (exact) mass is 558 g/mol. The van der Waals surface area contributed by atoms with Crippen molar-refractivity contribution in [1.82, 2.24) is 14.5 Å². The summed E-state index contributed by atoms with van der Waals surface area (Å²) in [5, 5.41) is 20.9. The molecular formula is C30H30N4O5S. The van der Waals surface area contributed by atoms with Crippen molar-refractivity contribution in [2.45, 2.75) is 48.9 Å². The molecule has 0 aliphatic heterocycles. The summed E-state index contributed by atoms with van der Waals surface area (Å²) in [6.07, 6.45) is 5.15. The summed E-state index contributed by atoms with van der Waals surface area (Å²) < 4.78 is 34.4. The lowest BCUT2D eigenvalue weighted by Gasteiger charge is -2.25. The summed E-state index contributed by atoms with van der Waals surface area (Å²) >= 11 is 0. The van der Waals surface area contributed by atoms with Crippen LogP contribution in [0.1, 0.15) is 48.3 Å². The van der Waals surface area contributed by atoms with Crippen molar-refractivity contribution in [2.24, 2.45) is 0 Å². The molecule has 4 rings (SSSR count). The number of pyridine rings is 1. The van der Waals surface area contributed by atoms with E-state index in [9.17, 15) is 23.6 Å². The first kappa shape index (κ1) is 28.7. The van der Waals surface area contributed by atoms with E-state index in [1.807, 2.05) is 19.9 Å². The fourth-order valence-electron chi connectivity index (χ4n) is 4.64. The van der Waals surface area contributed by atoms with Gasteiger partial charge < -0.3 is 9.84 Å². The van der Waals surface area contributed by atoms with E-state index < -0.39 is 32.2 Å². The number of hydrogen-bond donors (Lipinski definition) is 1. The van der Waals surface area contributed by atoms with Gasteiger partial charge in [0.25, 0.3) is 5.56 Å². The third-order valence-electron chi connectivity index (χ3n) is 6.69. The normalized spacial score (nSPS) is 12.2. The number of aromatic hydroxyl groups is 1. The van der Waals surface area contributed by atoms with Crippen LogP contribution < -0.4 is 5.56 Å². The summed E-state index contributed by atoms with van der Waals surface area (Å²) in [6, 6.07) is 16.0. The lowest BCUT2D eigenvalue weighted by atomic mass is 10.0. The van der Waals surface area contributed by atoms with Crippen LogP contribution >= 0.6 is 0 Å². The smallest absolute Gasteiger partial charge is 0.296 e. The third kappa shape index (κ3) is 5.66. The zero-order valence-corrected chi connectivity index (χ0v) is 23.4. The molecule has 9 nitrogen and oxygen atoms in total. The highest BCUT2D eigenvalue weighted by atomic mass is 32.2. The van der Waals surface area contributed by atoms with Gasteiger partial charge in [-0.1, -0.05) is 37.6 Å². The number of aromatic nitrogens is 3. The molecule has 0 bridgehead atoms. The first-order valence-corrected chi connectivity index (χ1v) is 14.3. The van der Waals surface area contributed by atoms with Crippen LogP contribution in [-0.2, 0) is 21.0 Å². The number of methoxy groups -OCH3 is 1. The van der Waals surface area contributed by atoms with Gasteiger partial charge >= 0.3 is 0 Å². The van der Waals surface area contributed by atoms with Crippen molar-refractivity contribution in [1.29, 1.82) is 5.26 Å². The van der Waals surface area contributed by atoms with Gasteiger partial charge in [-0.25, -0.2) is 8.42 Å². The van der Waals surface area contributed by atoms with Gasteiger partial charge in [-0.05, 0) is 65.9 Å². The Kier molecular flexibility index (Phi) is 8.77. The summed E-state index contributed by atoms with van der Waals surface area (Å²) in [4.78, 5) is 20.5. The van der Waals surface area contributed by atoms with Gasteiger partial charge in [0.05, 0.1) is 29.2 Å². The molecule has 0 spiro atoms. The largest absolute Gasteiger partial charge is 0.493 e. The van der Waals surface area contributed by atoms with E-state index in [4.69, 9.17) is 4.74 Å². The molecule has 0 aliphatic rings. The summed E-state index contributed by atoms with van der Waals surface area (Å²) in [6.45, 7) is 3.91. The van der Waals surface area contributed by atoms with Crippen LogP contribution in [0.5, 0.6) is 5.88 Å². The van der Waals surface area contributed by atoms with Gasteiger partial charge in [0.1, 0.15) is 5.82 Å². The molecule has 2 aromatic heterocycles. The standard InChI is InChI=1S/C30H30N4O5S/c1-4-5-9-27-33-29(35)28(30(36)34(27)26(19-39-3)23-8-6-7-21(16-23)17-31)40(37,38)24-12-10-22(11-13-24)25-14-15-32-18-20(25)2/h6-8,10-16,18,26,36H,4-5,9,19H2,1-3H3/t26-/m0/s1. The fourth-order valence-corrected chi connectivity index (χ4v) is 5.99. The van der Waals surface area contributed by atoms with E-state index in [2.05, 4.69) is 16.0 Å². The molecule has 0 fully saturated rings. The van der Waals surface area contributed by atoms with Crippen molar-refractivity contribution in [3.63, 3.8) is 0 Å². The molecule has 4 aromatic rings. The highest BCUT2D eigenvalue weighted by molar-refractivity contribution is 7.91. The van der Waals surface area contributed by atoms with Crippen molar-refractivity contribution in [2.75, 3.05) is 13.7 Å². The second kappa shape index (κ2) is 12.2. The highest BCUT2D eigenvalue weighted by Crippen LogP contribution is 2.33. The van der Waals surface area contributed by atoms with Crippen LogP contribution in [0.2, 0.25) is 0 Å². The number of ether oxygens (including phenoxy) is 1. The second-order valence-electron chi connectivity index (χ2n) is 9.39. The predicted molar refractivity (Wildman–Crippen MR) is 150 cm³/mol. The lowest BCUT2D eigenvalue weighted by Crippen LogP contribution is -2.29. The Balaban J connectivity index is 1.89. The van der Waals surface area contributed by atoms with Crippen LogP contribution in [0.4, 0.5) is 0 Å². The zero-order chi connectivity index (χ0) is 28.9. The second-order valence-corrected chi connectivity index (χ2v) is 11.3. The van der Waals surface area contributed by atoms with Crippen molar-refractivity contribution in [3.8, 4) is 23.1 Å². The minimum Gasteiger partial charge on any atom is -0.493 e. The van der Waals surface area contributed by atoms with Crippen LogP contribution in [0.15, 0.2) is 81.6 Å². The molecule has 0 amide bonds. The maximum atomic E-state index is 13.8. The van der Waals surface area contributed by atoms with Crippen molar-refractivity contribution in [3.05, 3.63) is 99.9 Å². The fraction of sp³-hybridized carbons (Fsp3) is 0.267. The van der Waals surface area contributed by atoms with Crippen LogP contribution in [0.3, 0.4) is 0 Å². The lowest BCUT2D eigenvalue weighted by molar-refractivity contribution is 0.161. The Morgan fingerprint density at radius 3 is 2.55 bits per heavy atom. The molecule has 0 saturated heterocycles. The summed E-state index contributed by atoms with van der Waals surface area (Å²) in [5.74, 6) is -0.485. The molecule has 2 aromatic carbocycles. The predicted octanol–water partition coefficient (Wildman–Crippen LogP) is 4.60. The Morgan fingerprint density at radius 2 is 1.90 bits per heavy atom. The molecule has 0 radical (unpaired) electrons. The third-order valence-corrected chi connectivity index (χ3v) is 8.48. The summed E-state index contributed by atoms with van der Waals surface area (Å²) in [5.41, 5.74) is 2.56. The van der Waals surface area contributed by atoms with E-state index in [0.717, 1.165) is 23.1 Å². The van der Waals surface area contributed by atoms with E-state index >= 15 is 0 Å². The number of aryl methyl sites for hydroxylation is 2. The topological polar surface area (TPSA) is 135 Å². The number of nitrogens with zero attached hydrogens (tertiary/aromatic N) is 4. The molecule has 0 unspecified atom stereocenters. The molecule has 0 aliphatic carbocycles. The van der Waals surface area contributed by atoms with Crippen LogP contribution in [0.25, 0.3) is 11.1 Å². The van der Waals surface area contributed by atoms with E-state index in [1.165, 1.54) is 23.8 Å². The van der Waals surface area contributed by atoms with Gasteiger partial charge in [-0.15, -0.1) is 0 Å². The maximum absolute atomic E-state index is 13.8. The Morgan fingerprint density at radius 1 is 1.15 bits per heavy atom. The maximum Gasteiger partial charge on any atom is 0.296 e. The van der Waals surface area contributed by atoms with Gasteiger partial charge in [0, 0.05) is 25.9 Å². The van der Waals surface area contributed by atoms with Crippen LogP contribution in [0, 0.1) is 18.3 Å². The molecule has 1 N–H and O–H groups in total. The van der Waals surface area contributed by atoms with E-state index in [-0.39, 0.29) is 17.3 Å². The molecular weight excluding hydrogens is 528 g/mol. The SMILES string of the molecule is CCCCc1nc(=O)c(S(=O)(=O)c2ccc(-c3ccncc3C)cc2)c(O)n1[C@@H](COC)c1cccc(C#N)c1. The first-order valence-electron chi connectivity index (χ1n) is 12.8. The number of nitriles is 1. The van der Waals surface area contributed by atoms with Crippen molar-refractivity contribution < 1.29 is 18.3 Å².